The van der Waals surface area contributed by atoms with Crippen molar-refractivity contribution in [2.45, 2.75) is 44.2 Å². The van der Waals surface area contributed by atoms with E-state index in [1.807, 2.05) is 6.92 Å². The second kappa shape index (κ2) is 4.57. The zero-order chi connectivity index (χ0) is 12.5. The highest BCUT2D eigenvalue weighted by Gasteiger charge is 2.39. The Kier molecular flexibility index (Phi) is 3.45. The fraction of sp³-hybridized carbons (Fsp3) is 0.909. The maximum atomic E-state index is 11.8. The summed E-state index contributed by atoms with van der Waals surface area (Å²) in [5, 5.41) is 6.14. The molecule has 0 spiro atoms. The van der Waals surface area contributed by atoms with Crippen LogP contribution < -0.4 is 10.6 Å². The first-order valence-electron chi connectivity index (χ1n) is 6.13. The lowest BCUT2D eigenvalue weighted by atomic mass is 10.0. The fourth-order valence-electron chi connectivity index (χ4n) is 2.65. The Balaban J connectivity index is 1.86. The van der Waals surface area contributed by atoms with Gasteiger partial charge in [0.25, 0.3) is 0 Å². The molecule has 2 aliphatic rings. The van der Waals surface area contributed by atoms with E-state index in [1.165, 1.54) is 0 Å². The second-order valence-electron chi connectivity index (χ2n) is 5.45. The van der Waals surface area contributed by atoms with Gasteiger partial charge in [-0.15, -0.1) is 0 Å². The summed E-state index contributed by atoms with van der Waals surface area (Å²) >= 11 is 0. The molecule has 2 unspecified atom stereocenters. The third-order valence-corrected chi connectivity index (χ3v) is 5.44. The summed E-state index contributed by atoms with van der Waals surface area (Å²) in [7, 11) is -2.96. The van der Waals surface area contributed by atoms with Crippen LogP contribution in [0.3, 0.4) is 0 Å². The maximum absolute atomic E-state index is 11.8. The first-order valence-corrected chi connectivity index (χ1v) is 7.96. The minimum absolute atomic E-state index is 0.0380. The molecule has 2 rings (SSSR count). The van der Waals surface area contributed by atoms with Crippen molar-refractivity contribution in [1.29, 1.82) is 0 Å². The number of carbonyl (C=O) groups is 1. The van der Waals surface area contributed by atoms with E-state index in [2.05, 4.69) is 10.6 Å². The molecular weight excluding hydrogens is 240 g/mol. The Morgan fingerprint density at radius 1 is 1.53 bits per heavy atom. The zero-order valence-electron chi connectivity index (χ0n) is 10.2. The van der Waals surface area contributed by atoms with Gasteiger partial charge in [0.1, 0.15) is 0 Å². The van der Waals surface area contributed by atoms with Crippen LogP contribution >= 0.6 is 0 Å². The fourth-order valence-corrected chi connectivity index (χ4v) is 4.74. The summed E-state index contributed by atoms with van der Waals surface area (Å²) in [5.74, 6) is 0.221. The molecule has 1 amide bonds. The van der Waals surface area contributed by atoms with Crippen LogP contribution in [0.1, 0.15) is 32.6 Å². The van der Waals surface area contributed by atoms with Gasteiger partial charge in [-0.2, -0.15) is 0 Å². The van der Waals surface area contributed by atoms with E-state index in [9.17, 15) is 13.2 Å². The van der Waals surface area contributed by atoms with E-state index in [4.69, 9.17) is 0 Å². The molecule has 6 heteroatoms. The lowest BCUT2D eigenvalue weighted by Crippen LogP contribution is -2.48. The third-order valence-electron chi connectivity index (χ3n) is 3.54. The van der Waals surface area contributed by atoms with Crippen LogP contribution in [-0.2, 0) is 14.6 Å². The monoisotopic (exact) mass is 260 g/mol. The highest BCUT2D eigenvalue weighted by molar-refractivity contribution is 7.91. The van der Waals surface area contributed by atoms with Crippen LogP contribution in [0.5, 0.6) is 0 Å². The number of hydrogen-bond donors (Lipinski definition) is 2. The first kappa shape index (κ1) is 12.8. The molecule has 17 heavy (non-hydrogen) atoms. The smallest absolute Gasteiger partial charge is 0.222 e. The molecule has 0 radical (unpaired) electrons. The van der Waals surface area contributed by atoms with Crippen LogP contribution in [0.25, 0.3) is 0 Å². The summed E-state index contributed by atoms with van der Waals surface area (Å²) in [5.41, 5.74) is -0.561. The van der Waals surface area contributed by atoms with Crippen LogP contribution in [0.4, 0.5) is 0 Å². The molecule has 2 atom stereocenters. The van der Waals surface area contributed by atoms with Crippen LogP contribution in [0, 0.1) is 0 Å². The van der Waals surface area contributed by atoms with Gasteiger partial charge in [-0.05, 0) is 32.7 Å². The van der Waals surface area contributed by atoms with Gasteiger partial charge in [-0.3, -0.25) is 4.79 Å². The van der Waals surface area contributed by atoms with Gasteiger partial charge in [-0.1, -0.05) is 0 Å². The average molecular weight is 260 g/mol. The van der Waals surface area contributed by atoms with Gasteiger partial charge in [0.05, 0.1) is 17.0 Å². The molecule has 2 saturated heterocycles. The quantitative estimate of drug-likeness (QED) is 0.738. The van der Waals surface area contributed by atoms with Gasteiger partial charge >= 0.3 is 0 Å². The highest BCUT2D eigenvalue weighted by Crippen LogP contribution is 2.23. The Bertz CT molecular complexity index is 401. The largest absolute Gasteiger partial charge is 0.350 e. The van der Waals surface area contributed by atoms with E-state index in [1.54, 1.807) is 0 Å². The number of hydrogen-bond acceptors (Lipinski definition) is 4. The average Bonchev–Trinajstić information content (AvgIpc) is 2.74. The maximum Gasteiger partial charge on any atom is 0.222 e. The zero-order valence-corrected chi connectivity index (χ0v) is 11.0. The van der Waals surface area contributed by atoms with Crippen LogP contribution in [0.15, 0.2) is 0 Å². The summed E-state index contributed by atoms with van der Waals surface area (Å²) in [6.07, 6.45) is 3.13. The molecule has 0 aromatic carbocycles. The van der Waals surface area contributed by atoms with Crippen molar-refractivity contribution in [3.63, 3.8) is 0 Å². The number of amides is 1. The van der Waals surface area contributed by atoms with Crippen molar-refractivity contribution < 1.29 is 13.2 Å². The molecule has 98 valence electrons. The summed E-state index contributed by atoms with van der Waals surface area (Å²) in [4.78, 5) is 11.8. The van der Waals surface area contributed by atoms with Crippen molar-refractivity contribution in [2.75, 3.05) is 18.1 Å². The molecule has 0 aromatic heterocycles. The molecule has 2 N–H and O–H groups in total. The standard InChI is InChI=1S/C11H20N2O3S/c1-11(4-6-17(15,16)8-11)13-10(14)7-9-3-2-5-12-9/h9,12H,2-8H2,1H3,(H,13,14). The summed E-state index contributed by atoms with van der Waals surface area (Å²) < 4.78 is 22.8. The highest BCUT2D eigenvalue weighted by atomic mass is 32.2. The molecule has 0 aliphatic carbocycles. The van der Waals surface area contributed by atoms with Crippen LogP contribution in [-0.4, -0.2) is 44.0 Å². The predicted molar refractivity (Wildman–Crippen MR) is 65.5 cm³/mol. The van der Waals surface area contributed by atoms with Gasteiger partial charge < -0.3 is 10.6 Å². The van der Waals surface area contributed by atoms with Gasteiger partial charge in [-0.25, -0.2) is 8.42 Å². The molecule has 5 nitrogen and oxygen atoms in total. The molecule has 0 saturated carbocycles. The summed E-state index contributed by atoms with van der Waals surface area (Å²) in [6, 6.07) is 0.261. The SMILES string of the molecule is CC1(NC(=O)CC2CCCN2)CCS(=O)(=O)C1. The Morgan fingerprint density at radius 2 is 2.29 bits per heavy atom. The molecule has 2 aliphatic heterocycles. The first-order chi connectivity index (χ1) is 7.89. The Morgan fingerprint density at radius 3 is 2.82 bits per heavy atom. The molecular formula is C11H20N2O3S. The van der Waals surface area contributed by atoms with Crippen molar-refractivity contribution in [3.8, 4) is 0 Å². The Labute approximate surface area is 102 Å². The number of rotatable bonds is 3. The van der Waals surface area contributed by atoms with Crippen molar-refractivity contribution in [3.05, 3.63) is 0 Å². The normalized spacial score (nSPS) is 35.9. The lowest BCUT2D eigenvalue weighted by Gasteiger charge is -2.24. The lowest BCUT2D eigenvalue weighted by molar-refractivity contribution is -0.123. The van der Waals surface area contributed by atoms with E-state index < -0.39 is 15.4 Å². The van der Waals surface area contributed by atoms with E-state index in [0.717, 1.165) is 19.4 Å². The number of carbonyl (C=O) groups excluding carboxylic acids is 1. The Hall–Kier alpha value is -0.620. The number of nitrogens with one attached hydrogen (secondary N) is 2. The van der Waals surface area contributed by atoms with E-state index in [-0.39, 0.29) is 23.5 Å². The van der Waals surface area contributed by atoms with Crippen molar-refractivity contribution >= 4 is 15.7 Å². The van der Waals surface area contributed by atoms with Gasteiger partial charge in [0.15, 0.2) is 9.84 Å². The minimum Gasteiger partial charge on any atom is -0.350 e. The number of sulfone groups is 1. The van der Waals surface area contributed by atoms with Crippen molar-refractivity contribution in [2.24, 2.45) is 0 Å². The third kappa shape index (κ3) is 3.42. The molecule has 2 heterocycles. The molecule has 2 fully saturated rings. The minimum atomic E-state index is -2.96. The molecule has 0 aromatic rings. The van der Waals surface area contributed by atoms with Crippen LogP contribution in [0.2, 0.25) is 0 Å². The van der Waals surface area contributed by atoms with E-state index >= 15 is 0 Å². The topological polar surface area (TPSA) is 75.3 Å². The van der Waals surface area contributed by atoms with Gasteiger partial charge in [0.2, 0.25) is 5.91 Å². The van der Waals surface area contributed by atoms with E-state index in [0.29, 0.717) is 12.8 Å². The predicted octanol–water partition coefficient (Wildman–Crippen LogP) is -0.178. The van der Waals surface area contributed by atoms with Crippen molar-refractivity contribution in [1.82, 2.24) is 10.6 Å². The van der Waals surface area contributed by atoms with Gasteiger partial charge in [0, 0.05) is 12.5 Å². The summed E-state index contributed by atoms with van der Waals surface area (Å²) in [6.45, 7) is 2.79. The molecule has 0 bridgehead atoms. The second-order valence-corrected chi connectivity index (χ2v) is 7.63.